The van der Waals surface area contributed by atoms with Gasteiger partial charge in [-0.05, 0) is 37.3 Å². The number of aliphatic carboxylic acids is 1. The van der Waals surface area contributed by atoms with Gasteiger partial charge in [0.25, 0.3) is 0 Å². The second-order valence-electron chi connectivity index (χ2n) is 4.44. The lowest BCUT2D eigenvalue weighted by Crippen LogP contribution is -2.49. The summed E-state index contributed by atoms with van der Waals surface area (Å²) in [6.07, 6.45) is 0.740. The Bertz CT molecular complexity index is 482. The molecule has 1 unspecified atom stereocenters. The molecule has 0 radical (unpaired) electrons. The largest absolute Gasteiger partial charge is 0.479 e. The first-order valence-corrected chi connectivity index (χ1v) is 7.32. The Hall–Kier alpha value is -1.56. The lowest BCUT2D eigenvalue weighted by molar-refractivity contribution is -0.143. The minimum Gasteiger partial charge on any atom is -0.479 e. The molecule has 1 aliphatic rings. The molecule has 2 rings (SSSR count). The first-order valence-electron chi connectivity index (χ1n) is 6.44. The van der Waals surface area contributed by atoms with Crippen LogP contribution >= 0.6 is 11.3 Å². The standard InChI is InChI=1S/C13H18N2O3S/c1-3-14(4-2)13(18)15-7-5-10-9(6-8-19-10)11(15)12(16)17/h6,8,11H,3-5,7H2,1-2H3,(H,16,17). The number of carbonyl (C=O) groups excluding carboxylic acids is 1. The average molecular weight is 282 g/mol. The van der Waals surface area contributed by atoms with E-state index in [4.69, 9.17) is 0 Å². The van der Waals surface area contributed by atoms with Crippen LogP contribution in [0.25, 0.3) is 0 Å². The molecule has 1 N–H and O–H groups in total. The van der Waals surface area contributed by atoms with E-state index in [-0.39, 0.29) is 6.03 Å². The van der Waals surface area contributed by atoms with E-state index in [1.807, 2.05) is 25.3 Å². The molecule has 1 aromatic heterocycles. The highest BCUT2D eigenvalue weighted by Gasteiger charge is 2.37. The summed E-state index contributed by atoms with van der Waals surface area (Å²) >= 11 is 1.57. The first kappa shape index (κ1) is 13.9. The second-order valence-corrected chi connectivity index (χ2v) is 5.44. The topological polar surface area (TPSA) is 60.9 Å². The fourth-order valence-electron chi connectivity index (χ4n) is 2.46. The van der Waals surface area contributed by atoms with Gasteiger partial charge in [-0.1, -0.05) is 0 Å². The Morgan fingerprint density at radius 3 is 2.74 bits per heavy atom. The summed E-state index contributed by atoms with van der Waals surface area (Å²) in [5, 5.41) is 11.3. The lowest BCUT2D eigenvalue weighted by atomic mass is 10.0. The number of carboxylic acid groups (broad SMARTS) is 1. The average Bonchev–Trinajstić information content (AvgIpc) is 2.86. The predicted molar refractivity (Wildman–Crippen MR) is 73.4 cm³/mol. The number of fused-ring (bicyclic) bond motifs is 1. The molecule has 0 aromatic carbocycles. The number of nitrogens with zero attached hydrogens (tertiary/aromatic N) is 2. The van der Waals surface area contributed by atoms with Crippen LogP contribution in [0.4, 0.5) is 4.79 Å². The molecule has 0 saturated carbocycles. The minimum atomic E-state index is -0.958. The number of urea groups is 1. The Morgan fingerprint density at radius 1 is 1.47 bits per heavy atom. The van der Waals surface area contributed by atoms with Crippen molar-refractivity contribution >= 4 is 23.3 Å². The van der Waals surface area contributed by atoms with Crippen LogP contribution in [0.15, 0.2) is 11.4 Å². The van der Waals surface area contributed by atoms with Crippen molar-refractivity contribution < 1.29 is 14.7 Å². The van der Waals surface area contributed by atoms with Crippen molar-refractivity contribution in [2.75, 3.05) is 19.6 Å². The van der Waals surface area contributed by atoms with Gasteiger partial charge in [0.1, 0.15) is 0 Å². The molecule has 5 nitrogen and oxygen atoms in total. The maximum Gasteiger partial charge on any atom is 0.331 e. The Balaban J connectivity index is 2.31. The van der Waals surface area contributed by atoms with Crippen LogP contribution in [0.3, 0.4) is 0 Å². The summed E-state index contributed by atoms with van der Waals surface area (Å²) in [7, 11) is 0. The third kappa shape index (κ3) is 2.45. The van der Waals surface area contributed by atoms with Crippen LogP contribution in [-0.4, -0.2) is 46.5 Å². The minimum absolute atomic E-state index is 0.186. The zero-order chi connectivity index (χ0) is 14.0. The fraction of sp³-hybridized carbons (Fsp3) is 0.538. The Kier molecular flexibility index (Phi) is 4.09. The highest BCUT2D eigenvalue weighted by molar-refractivity contribution is 7.10. The van der Waals surface area contributed by atoms with Crippen molar-refractivity contribution in [3.05, 3.63) is 21.9 Å². The number of carbonyl (C=O) groups is 2. The van der Waals surface area contributed by atoms with Crippen molar-refractivity contribution in [3.63, 3.8) is 0 Å². The number of carboxylic acids is 1. The summed E-state index contributed by atoms with van der Waals surface area (Å²) in [6, 6.07) is 0.790. The van der Waals surface area contributed by atoms with Crippen LogP contribution in [0.1, 0.15) is 30.3 Å². The SMILES string of the molecule is CCN(CC)C(=O)N1CCc2sccc2C1C(=O)O. The molecule has 0 bridgehead atoms. The van der Waals surface area contributed by atoms with Gasteiger partial charge in [-0.25, -0.2) is 9.59 Å². The third-order valence-corrected chi connectivity index (χ3v) is 4.48. The summed E-state index contributed by atoms with van der Waals surface area (Å²) in [6.45, 7) is 5.46. The van der Waals surface area contributed by atoms with Crippen LogP contribution in [-0.2, 0) is 11.2 Å². The molecular formula is C13H18N2O3S. The molecule has 0 fully saturated rings. The van der Waals surface area contributed by atoms with E-state index in [9.17, 15) is 14.7 Å². The highest BCUT2D eigenvalue weighted by atomic mass is 32.1. The highest BCUT2D eigenvalue weighted by Crippen LogP contribution is 2.34. The first-order chi connectivity index (χ1) is 9.10. The maximum atomic E-state index is 12.4. The summed E-state index contributed by atoms with van der Waals surface area (Å²) in [4.78, 5) is 28.1. The molecule has 0 saturated heterocycles. The van der Waals surface area contributed by atoms with Crippen molar-refractivity contribution in [1.82, 2.24) is 9.80 Å². The molecule has 19 heavy (non-hydrogen) atoms. The van der Waals surface area contributed by atoms with Gasteiger partial charge in [0, 0.05) is 24.5 Å². The van der Waals surface area contributed by atoms with Gasteiger partial charge in [-0.2, -0.15) is 0 Å². The van der Waals surface area contributed by atoms with Crippen LogP contribution in [0, 0.1) is 0 Å². The quantitative estimate of drug-likeness (QED) is 0.924. The van der Waals surface area contributed by atoms with E-state index in [0.29, 0.717) is 19.6 Å². The molecule has 1 aromatic rings. The molecule has 6 heteroatoms. The summed E-state index contributed by atoms with van der Waals surface area (Å²) < 4.78 is 0. The fourth-order valence-corrected chi connectivity index (χ4v) is 3.37. The number of hydrogen-bond acceptors (Lipinski definition) is 3. The zero-order valence-corrected chi connectivity index (χ0v) is 11.9. The normalized spacial score (nSPS) is 18.0. The van der Waals surface area contributed by atoms with E-state index in [2.05, 4.69) is 0 Å². The summed E-state index contributed by atoms with van der Waals surface area (Å²) in [5.74, 6) is -0.958. The van der Waals surface area contributed by atoms with E-state index in [1.54, 1.807) is 16.2 Å². The third-order valence-electron chi connectivity index (χ3n) is 3.48. The monoisotopic (exact) mass is 282 g/mol. The lowest BCUT2D eigenvalue weighted by Gasteiger charge is -2.36. The number of thiophene rings is 1. The van der Waals surface area contributed by atoms with E-state index < -0.39 is 12.0 Å². The second kappa shape index (κ2) is 5.61. The van der Waals surface area contributed by atoms with Crippen molar-refractivity contribution in [2.24, 2.45) is 0 Å². The molecule has 104 valence electrons. The number of hydrogen-bond donors (Lipinski definition) is 1. The Labute approximate surface area is 116 Å². The number of rotatable bonds is 3. The molecule has 1 atom stereocenters. The molecule has 0 spiro atoms. The molecular weight excluding hydrogens is 264 g/mol. The molecule has 0 aliphatic carbocycles. The van der Waals surface area contributed by atoms with E-state index >= 15 is 0 Å². The smallest absolute Gasteiger partial charge is 0.331 e. The molecule has 1 aliphatic heterocycles. The van der Waals surface area contributed by atoms with Gasteiger partial charge in [0.15, 0.2) is 6.04 Å². The van der Waals surface area contributed by atoms with Crippen LogP contribution in [0.2, 0.25) is 0 Å². The Morgan fingerprint density at radius 2 is 2.16 bits per heavy atom. The van der Waals surface area contributed by atoms with E-state index in [0.717, 1.165) is 16.9 Å². The van der Waals surface area contributed by atoms with Crippen molar-refractivity contribution in [3.8, 4) is 0 Å². The van der Waals surface area contributed by atoms with Crippen molar-refractivity contribution in [1.29, 1.82) is 0 Å². The molecule has 2 amide bonds. The maximum absolute atomic E-state index is 12.4. The van der Waals surface area contributed by atoms with E-state index in [1.165, 1.54) is 4.90 Å². The predicted octanol–water partition coefficient (Wildman–Crippen LogP) is 2.19. The van der Waals surface area contributed by atoms with Gasteiger partial charge >= 0.3 is 12.0 Å². The van der Waals surface area contributed by atoms with Gasteiger partial charge < -0.3 is 14.9 Å². The van der Waals surface area contributed by atoms with Gasteiger partial charge in [-0.3, -0.25) is 0 Å². The van der Waals surface area contributed by atoms with Gasteiger partial charge in [-0.15, -0.1) is 11.3 Å². The van der Waals surface area contributed by atoms with Crippen LogP contribution < -0.4 is 0 Å². The summed E-state index contributed by atoms with van der Waals surface area (Å²) in [5.41, 5.74) is 0.768. The van der Waals surface area contributed by atoms with Gasteiger partial charge in [0.05, 0.1) is 0 Å². The van der Waals surface area contributed by atoms with Crippen molar-refractivity contribution in [2.45, 2.75) is 26.3 Å². The number of amides is 2. The van der Waals surface area contributed by atoms with Gasteiger partial charge in [0.2, 0.25) is 0 Å². The van der Waals surface area contributed by atoms with Crippen LogP contribution in [0.5, 0.6) is 0 Å². The molecule has 2 heterocycles. The zero-order valence-electron chi connectivity index (χ0n) is 11.1.